The van der Waals surface area contributed by atoms with E-state index in [0.29, 0.717) is 6.61 Å². The largest absolute Gasteiger partial charge is 0.383 e. The third kappa shape index (κ3) is 10.6. The highest BCUT2D eigenvalue weighted by Crippen LogP contribution is 2.16. The van der Waals surface area contributed by atoms with E-state index in [1.807, 2.05) is 0 Å². The maximum atomic E-state index is 5.04. The Bertz CT molecular complexity index is 281. The van der Waals surface area contributed by atoms with Gasteiger partial charge in [-0.2, -0.15) is 0 Å². The number of methoxy groups -OCH3 is 1. The molecule has 2 N–H and O–H groups in total. The molecule has 22 heavy (non-hydrogen) atoms. The molecule has 1 fully saturated rings. The van der Waals surface area contributed by atoms with E-state index in [0.717, 1.165) is 37.9 Å². The van der Waals surface area contributed by atoms with Gasteiger partial charge in [-0.15, -0.1) is 24.0 Å². The highest BCUT2D eigenvalue weighted by molar-refractivity contribution is 14.0. The summed E-state index contributed by atoms with van der Waals surface area (Å²) in [7, 11) is 1.72. The lowest BCUT2D eigenvalue weighted by Gasteiger charge is -2.30. The van der Waals surface area contributed by atoms with Gasteiger partial charge in [0, 0.05) is 26.7 Å². The molecule has 6 heteroatoms. The van der Waals surface area contributed by atoms with Gasteiger partial charge in [0.05, 0.1) is 6.61 Å². The van der Waals surface area contributed by atoms with Gasteiger partial charge in [0.1, 0.15) is 0 Å². The Hall–Kier alpha value is -0.0800. The normalized spacial score (nSPS) is 17.1. The number of rotatable bonds is 9. The predicted octanol–water partition coefficient (Wildman–Crippen LogP) is 2.32. The molecule has 0 bridgehead atoms. The third-order valence-electron chi connectivity index (χ3n) is 3.97. The number of hydrogen-bond donors (Lipinski definition) is 2. The summed E-state index contributed by atoms with van der Waals surface area (Å²) in [5, 5.41) is 6.53. The standard InChI is InChI=1S/C16H34N4O.HI/c1-4-17-16(19-10-14-21-3)18-9-5-6-11-20-12-7-15(2)8-13-20;/h15H,4-14H2,1-3H3,(H2,17,18,19);1H. The zero-order valence-electron chi connectivity index (χ0n) is 14.6. The molecule has 0 aromatic carbocycles. The summed E-state index contributed by atoms with van der Waals surface area (Å²) in [5.74, 6) is 1.83. The van der Waals surface area contributed by atoms with Gasteiger partial charge in [0.2, 0.25) is 0 Å². The molecule has 5 nitrogen and oxygen atoms in total. The second-order valence-corrected chi connectivity index (χ2v) is 5.91. The minimum Gasteiger partial charge on any atom is -0.383 e. The van der Waals surface area contributed by atoms with Crippen molar-refractivity contribution in [1.29, 1.82) is 0 Å². The number of unbranched alkanes of at least 4 members (excludes halogenated alkanes) is 1. The summed E-state index contributed by atoms with van der Waals surface area (Å²) >= 11 is 0. The van der Waals surface area contributed by atoms with Crippen LogP contribution in [0.2, 0.25) is 0 Å². The van der Waals surface area contributed by atoms with Crippen molar-refractivity contribution >= 4 is 29.9 Å². The number of piperidine rings is 1. The van der Waals surface area contributed by atoms with Gasteiger partial charge >= 0.3 is 0 Å². The smallest absolute Gasteiger partial charge is 0.191 e. The minimum absolute atomic E-state index is 0. The molecular formula is C16H35IN4O. The van der Waals surface area contributed by atoms with E-state index >= 15 is 0 Å². The Morgan fingerprint density at radius 3 is 2.59 bits per heavy atom. The molecule has 0 aromatic heterocycles. The first kappa shape index (κ1) is 21.9. The van der Waals surface area contributed by atoms with Crippen LogP contribution in [0.1, 0.15) is 39.5 Å². The number of aliphatic imine (C=N–C) groups is 1. The van der Waals surface area contributed by atoms with Crippen molar-refractivity contribution in [2.45, 2.75) is 39.5 Å². The zero-order chi connectivity index (χ0) is 15.3. The molecule has 1 aliphatic heterocycles. The Balaban J connectivity index is 0.00000441. The van der Waals surface area contributed by atoms with Gasteiger partial charge in [0.15, 0.2) is 5.96 Å². The monoisotopic (exact) mass is 426 g/mol. The molecule has 0 unspecified atom stereocenters. The van der Waals surface area contributed by atoms with Crippen LogP contribution in [0, 0.1) is 5.92 Å². The fourth-order valence-electron chi connectivity index (χ4n) is 2.54. The van der Waals surface area contributed by atoms with Gasteiger partial charge in [-0.1, -0.05) is 6.92 Å². The number of guanidine groups is 1. The highest BCUT2D eigenvalue weighted by Gasteiger charge is 2.14. The lowest BCUT2D eigenvalue weighted by Crippen LogP contribution is -2.39. The van der Waals surface area contributed by atoms with Crippen LogP contribution in [-0.2, 0) is 4.74 Å². The average Bonchev–Trinajstić information content (AvgIpc) is 2.49. The lowest BCUT2D eigenvalue weighted by molar-refractivity contribution is 0.190. The number of nitrogens with one attached hydrogen (secondary N) is 2. The molecule has 1 saturated heterocycles. The molecule has 0 atom stereocenters. The minimum atomic E-state index is 0. The van der Waals surface area contributed by atoms with Crippen LogP contribution in [-0.4, -0.2) is 63.8 Å². The van der Waals surface area contributed by atoms with Crippen LogP contribution >= 0.6 is 24.0 Å². The topological polar surface area (TPSA) is 48.9 Å². The number of likely N-dealkylation sites (tertiary alicyclic amines) is 1. The van der Waals surface area contributed by atoms with E-state index in [-0.39, 0.29) is 24.0 Å². The van der Waals surface area contributed by atoms with Crippen LogP contribution in [0.3, 0.4) is 0 Å². The fraction of sp³-hybridized carbons (Fsp3) is 0.938. The molecule has 132 valence electrons. The van der Waals surface area contributed by atoms with Crippen LogP contribution in [0.4, 0.5) is 0 Å². The zero-order valence-corrected chi connectivity index (χ0v) is 16.9. The van der Waals surface area contributed by atoms with Crippen LogP contribution in [0.5, 0.6) is 0 Å². The molecule has 0 saturated carbocycles. The molecular weight excluding hydrogens is 391 g/mol. The molecule has 1 aliphatic rings. The Kier molecular flexibility index (Phi) is 14.5. The van der Waals surface area contributed by atoms with Gasteiger partial charge in [0.25, 0.3) is 0 Å². The van der Waals surface area contributed by atoms with E-state index in [4.69, 9.17) is 4.74 Å². The van der Waals surface area contributed by atoms with Crippen LogP contribution < -0.4 is 10.6 Å². The van der Waals surface area contributed by atoms with Gasteiger partial charge in [-0.05, 0) is 58.2 Å². The molecule has 0 radical (unpaired) electrons. The summed E-state index contributed by atoms with van der Waals surface area (Å²) in [4.78, 5) is 7.20. The van der Waals surface area contributed by atoms with E-state index < -0.39 is 0 Å². The highest BCUT2D eigenvalue weighted by atomic mass is 127. The maximum Gasteiger partial charge on any atom is 0.191 e. The Labute approximate surface area is 153 Å². The van der Waals surface area contributed by atoms with Crippen molar-refractivity contribution in [3.63, 3.8) is 0 Å². The molecule has 0 aromatic rings. The van der Waals surface area contributed by atoms with E-state index in [2.05, 4.69) is 34.4 Å². The number of ether oxygens (including phenoxy) is 1. The number of hydrogen-bond acceptors (Lipinski definition) is 3. The van der Waals surface area contributed by atoms with E-state index in [1.165, 1.54) is 38.9 Å². The third-order valence-corrected chi connectivity index (χ3v) is 3.97. The SMILES string of the molecule is CCNC(=NCCCCN1CCC(C)CC1)NCCOC.I. The second kappa shape index (κ2) is 14.5. The van der Waals surface area contributed by atoms with Crippen molar-refractivity contribution in [2.24, 2.45) is 10.9 Å². The summed E-state index contributed by atoms with van der Waals surface area (Å²) in [6.45, 7) is 11.5. The molecule has 1 heterocycles. The predicted molar refractivity (Wildman–Crippen MR) is 105 cm³/mol. The van der Waals surface area contributed by atoms with Crippen molar-refractivity contribution in [3.8, 4) is 0 Å². The van der Waals surface area contributed by atoms with E-state index in [1.54, 1.807) is 7.11 Å². The second-order valence-electron chi connectivity index (χ2n) is 5.91. The summed E-state index contributed by atoms with van der Waals surface area (Å²) in [6.07, 6.45) is 5.14. The fourth-order valence-corrected chi connectivity index (χ4v) is 2.54. The maximum absolute atomic E-state index is 5.04. The summed E-state index contributed by atoms with van der Waals surface area (Å²) < 4.78 is 5.04. The Morgan fingerprint density at radius 2 is 1.95 bits per heavy atom. The van der Waals surface area contributed by atoms with Gasteiger partial charge in [-0.3, -0.25) is 4.99 Å². The van der Waals surface area contributed by atoms with Crippen molar-refractivity contribution in [3.05, 3.63) is 0 Å². The Morgan fingerprint density at radius 1 is 1.23 bits per heavy atom. The first-order valence-electron chi connectivity index (χ1n) is 8.49. The van der Waals surface area contributed by atoms with Gasteiger partial charge in [-0.25, -0.2) is 0 Å². The average molecular weight is 426 g/mol. The van der Waals surface area contributed by atoms with Crippen LogP contribution in [0.25, 0.3) is 0 Å². The molecule has 0 spiro atoms. The molecule has 0 amide bonds. The molecule has 1 rings (SSSR count). The molecule has 0 aliphatic carbocycles. The first-order chi connectivity index (χ1) is 10.3. The van der Waals surface area contributed by atoms with E-state index in [9.17, 15) is 0 Å². The van der Waals surface area contributed by atoms with Crippen molar-refractivity contribution in [2.75, 3.05) is 53.0 Å². The van der Waals surface area contributed by atoms with Crippen molar-refractivity contribution in [1.82, 2.24) is 15.5 Å². The van der Waals surface area contributed by atoms with Gasteiger partial charge < -0.3 is 20.3 Å². The first-order valence-corrected chi connectivity index (χ1v) is 8.49. The number of nitrogens with zero attached hydrogens (tertiary/aromatic N) is 2. The number of halogens is 1. The quantitative estimate of drug-likeness (QED) is 0.257. The van der Waals surface area contributed by atoms with Crippen LogP contribution in [0.15, 0.2) is 4.99 Å². The van der Waals surface area contributed by atoms with Crippen molar-refractivity contribution < 1.29 is 4.74 Å². The summed E-state index contributed by atoms with van der Waals surface area (Å²) in [6, 6.07) is 0. The lowest BCUT2D eigenvalue weighted by atomic mass is 9.99. The summed E-state index contributed by atoms with van der Waals surface area (Å²) in [5.41, 5.74) is 0.